The summed E-state index contributed by atoms with van der Waals surface area (Å²) in [6, 6.07) is 15.8. The van der Waals surface area contributed by atoms with E-state index in [1.165, 1.54) is 35.2 Å². The van der Waals surface area contributed by atoms with E-state index in [0.717, 1.165) is 16.8 Å². The highest BCUT2D eigenvalue weighted by atomic mass is 32.2. The zero-order valence-corrected chi connectivity index (χ0v) is 17.1. The predicted molar refractivity (Wildman–Crippen MR) is 114 cm³/mol. The maximum Gasteiger partial charge on any atom is 0.248 e. The van der Waals surface area contributed by atoms with Crippen molar-refractivity contribution in [3.8, 4) is 11.3 Å². The van der Waals surface area contributed by atoms with E-state index in [0.29, 0.717) is 16.8 Å². The smallest absolute Gasteiger partial charge is 0.248 e. The first-order valence-corrected chi connectivity index (χ1v) is 11.0. The SMILES string of the molecule is O=C1CSCN1CC(=O)N(Cc1ccc(F)cc1)c1nc(-c2ccccc2)cs1. The van der Waals surface area contributed by atoms with E-state index in [9.17, 15) is 14.0 Å². The average Bonchev–Trinajstić information content (AvgIpc) is 3.38. The van der Waals surface area contributed by atoms with Crippen molar-refractivity contribution < 1.29 is 14.0 Å². The van der Waals surface area contributed by atoms with Gasteiger partial charge in [-0.25, -0.2) is 9.37 Å². The molecule has 1 aliphatic rings. The van der Waals surface area contributed by atoms with Gasteiger partial charge in [0.1, 0.15) is 12.4 Å². The molecule has 0 N–H and O–H groups in total. The van der Waals surface area contributed by atoms with E-state index in [1.54, 1.807) is 21.9 Å². The highest BCUT2D eigenvalue weighted by molar-refractivity contribution is 8.00. The molecular formula is C21H18FN3O2S2. The minimum Gasteiger partial charge on any atom is -0.323 e. The topological polar surface area (TPSA) is 53.5 Å². The third kappa shape index (κ3) is 4.65. The lowest BCUT2D eigenvalue weighted by molar-refractivity contribution is -0.131. The number of anilines is 1. The van der Waals surface area contributed by atoms with Crippen LogP contribution in [0.15, 0.2) is 60.0 Å². The molecule has 0 spiro atoms. The lowest BCUT2D eigenvalue weighted by Gasteiger charge is -2.23. The van der Waals surface area contributed by atoms with Crippen molar-refractivity contribution in [3.05, 3.63) is 71.4 Å². The van der Waals surface area contributed by atoms with Gasteiger partial charge in [-0.1, -0.05) is 42.5 Å². The quantitative estimate of drug-likeness (QED) is 0.596. The van der Waals surface area contributed by atoms with Crippen molar-refractivity contribution in [2.75, 3.05) is 23.1 Å². The second kappa shape index (κ2) is 8.75. The van der Waals surface area contributed by atoms with Crippen LogP contribution >= 0.6 is 23.1 Å². The van der Waals surface area contributed by atoms with Crippen LogP contribution in [0.3, 0.4) is 0 Å². The summed E-state index contributed by atoms with van der Waals surface area (Å²) in [5.74, 6) is 0.350. The lowest BCUT2D eigenvalue weighted by Crippen LogP contribution is -2.41. The molecule has 1 saturated heterocycles. The number of amides is 2. The molecule has 0 radical (unpaired) electrons. The summed E-state index contributed by atoms with van der Waals surface area (Å²) >= 11 is 2.87. The van der Waals surface area contributed by atoms with E-state index in [2.05, 4.69) is 4.98 Å². The number of aromatic nitrogens is 1. The minimum atomic E-state index is -0.327. The van der Waals surface area contributed by atoms with Crippen LogP contribution in [-0.4, -0.2) is 39.9 Å². The second-order valence-corrected chi connectivity index (χ2v) is 8.35. The molecule has 3 aromatic rings. The third-order valence-electron chi connectivity index (χ3n) is 4.50. The molecule has 1 aromatic heterocycles. The van der Waals surface area contributed by atoms with E-state index in [1.807, 2.05) is 35.7 Å². The summed E-state index contributed by atoms with van der Waals surface area (Å²) < 4.78 is 13.3. The second-order valence-electron chi connectivity index (χ2n) is 6.56. The summed E-state index contributed by atoms with van der Waals surface area (Å²) in [4.78, 5) is 32.8. The molecule has 0 unspecified atom stereocenters. The largest absolute Gasteiger partial charge is 0.323 e. The van der Waals surface area contributed by atoms with Crippen molar-refractivity contribution in [1.82, 2.24) is 9.88 Å². The van der Waals surface area contributed by atoms with Gasteiger partial charge in [-0.05, 0) is 17.7 Å². The molecule has 1 aliphatic heterocycles. The maximum absolute atomic E-state index is 13.3. The number of nitrogens with zero attached hydrogens (tertiary/aromatic N) is 3. The van der Waals surface area contributed by atoms with Crippen LogP contribution in [0.2, 0.25) is 0 Å². The Morgan fingerprint density at radius 3 is 2.59 bits per heavy atom. The first-order chi connectivity index (χ1) is 14.1. The molecule has 0 aliphatic carbocycles. The molecule has 2 heterocycles. The van der Waals surface area contributed by atoms with E-state index >= 15 is 0 Å². The fourth-order valence-corrected chi connectivity index (χ4v) is 4.71. The molecule has 0 saturated carbocycles. The van der Waals surface area contributed by atoms with Gasteiger partial charge in [0.2, 0.25) is 11.8 Å². The molecule has 8 heteroatoms. The highest BCUT2D eigenvalue weighted by Gasteiger charge is 2.27. The van der Waals surface area contributed by atoms with Gasteiger partial charge in [-0.2, -0.15) is 0 Å². The number of rotatable bonds is 6. The summed E-state index contributed by atoms with van der Waals surface area (Å²) in [6.45, 7) is 0.267. The van der Waals surface area contributed by atoms with Crippen molar-refractivity contribution in [2.45, 2.75) is 6.54 Å². The Morgan fingerprint density at radius 1 is 1.14 bits per heavy atom. The van der Waals surface area contributed by atoms with Crippen molar-refractivity contribution >= 4 is 40.0 Å². The van der Waals surface area contributed by atoms with Crippen molar-refractivity contribution in [3.63, 3.8) is 0 Å². The molecule has 5 nitrogen and oxygen atoms in total. The number of halogens is 1. The molecule has 0 bridgehead atoms. The zero-order chi connectivity index (χ0) is 20.2. The molecule has 2 aromatic carbocycles. The van der Waals surface area contributed by atoms with Crippen LogP contribution in [-0.2, 0) is 16.1 Å². The van der Waals surface area contributed by atoms with Gasteiger partial charge in [0.15, 0.2) is 5.13 Å². The van der Waals surface area contributed by atoms with Gasteiger partial charge in [-0.3, -0.25) is 14.5 Å². The van der Waals surface area contributed by atoms with Crippen molar-refractivity contribution in [1.29, 1.82) is 0 Å². The van der Waals surface area contributed by atoms with Gasteiger partial charge in [0.25, 0.3) is 0 Å². The van der Waals surface area contributed by atoms with Crippen LogP contribution in [0.25, 0.3) is 11.3 Å². The Morgan fingerprint density at radius 2 is 1.90 bits per heavy atom. The molecule has 1 fully saturated rings. The molecule has 2 amide bonds. The van der Waals surface area contributed by atoms with Gasteiger partial charge in [0.05, 0.1) is 23.9 Å². The van der Waals surface area contributed by atoms with Gasteiger partial charge >= 0.3 is 0 Å². The Hall–Kier alpha value is -2.71. The van der Waals surface area contributed by atoms with E-state index < -0.39 is 0 Å². The first-order valence-electron chi connectivity index (χ1n) is 9.01. The third-order valence-corrected chi connectivity index (χ3v) is 6.31. The van der Waals surface area contributed by atoms with Crippen LogP contribution in [0.1, 0.15) is 5.56 Å². The van der Waals surface area contributed by atoms with Gasteiger partial charge in [0, 0.05) is 10.9 Å². The summed E-state index contributed by atoms with van der Waals surface area (Å²) in [7, 11) is 0. The Kier molecular flexibility index (Phi) is 5.92. The molecule has 29 heavy (non-hydrogen) atoms. The van der Waals surface area contributed by atoms with Crippen LogP contribution < -0.4 is 4.90 Å². The number of carbonyl (C=O) groups is 2. The van der Waals surface area contributed by atoms with Crippen molar-refractivity contribution in [2.24, 2.45) is 0 Å². The molecule has 0 atom stereocenters. The highest BCUT2D eigenvalue weighted by Crippen LogP contribution is 2.29. The zero-order valence-electron chi connectivity index (χ0n) is 15.5. The number of benzene rings is 2. The monoisotopic (exact) mass is 427 g/mol. The first kappa shape index (κ1) is 19.6. The van der Waals surface area contributed by atoms with Crippen LogP contribution in [0, 0.1) is 5.82 Å². The van der Waals surface area contributed by atoms with Gasteiger partial charge in [-0.15, -0.1) is 23.1 Å². The number of hydrogen-bond acceptors (Lipinski definition) is 5. The average molecular weight is 428 g/mol. The Balaban J connectivity index is 1.60. The standard InChI is InChI=1S/C21H18FN3O2S2/c22-17-8-6-15(7-9-17)10-25(19(26)11-24-14-28-13-20(24)27)21-23-18(12-29-21)16-4-2-1-3-5-16/h1-9,12H,10-11,13-14H2. The fraction of sp³-hybridized carbons (Fsp3) is 0.190. The number of hydrogen-bond donors (Lipinski definition) is 0. The van der Waals surface area contributed by atoms with Crippen LogP contribution in [0.5, 0.6) is 0 Å². The Labute approximate surface area is 176 Å². The lowest BCUT2D eigenvalue weighted by atomic mass is 10.2. The van der Waals surface area contributed by atoms with E-state index in [4.69, 9.17) is 0 Å². The van der Waals surface area contributed by atoms with Gasteiger partial charge < -0.3 is 4.90 Å². The summed E-state index contributed by atoms with van der Waals surface area (Å²) in [5.41, 5.74) is 2.55. The normalized spacial score (nSPS) is 13.7. The molecular weight excluding hydrogens is 409 g/mol. The van der Waals surface area contributed by atoms with E-state index in [-0.39, 0.29) is 30.7 Å². The maximum atomic E-state index is 13.3. The molecule has 148 valence electrons. The molecule has 4 rings (SSSR count). The predicted octanol–water partition coefficient (Wildman–Crippen LogP) is 4.02. The number of thiazole rings is 1. The minimum absolute atomic E-state index is 0.00722. The Bertz CT molecular complexity index is 1010. The summed E-state index contributed by atoms with van der Waals surface area (Å²) in [6.07, 6.45) is 0. The number of thioether (sulfide) groups is 1. The van der Waals surface area contributed by atoms with Crippen LogP contribution in [0.4, 0.5) is 9.52 Å². The fourth-order valence-electron chi connectivity index (χ4n) is 2.95. The summed E-state index contributed by atoms with van der Waals surface area (Å²) in [5, 5.41) is 2.46. The number of carbonyl (C=O) groups excluding carboxylic acids is 2.